The molecule has 1 heterocycles. The number of carboxylic acids is 1. The molecule has 0 radical (unpaired) electrons. The average Bonchev–Trinajstić information content (AvgIpc) is 3.82. The van der Waals surface area contributed by atoms with Crippen molar-refractivity contribution in [3.63, 3.8) is 0 Å². The lowest BCUT2D eigenvalue weighted by Gasteiger charge is -2.25. The summed E-state index contributed by atoms with van der Waals surface area (Å²) < 4.78 is 0. The van der Waals surface area contributed by atoms with E-state index in [0.717, 1.165) is 4.90 Å². The topological polar surface area (TPSA) is 467 Å². The third kappa shape index (κ3) is 22.7. The van der Waals surface area contributed by atoms with Gasteiger partial charge in [-0.05, 0) is 56.9 Å². The van der Waals surface area contributed by atoms with Gasteiger partial charge in [-0.2, -0.15) is 0 Å². The molecule has 0 aromatic heterocycles. The van der Waals surface area contributed by atoms with Gasteiger partial charge in [-0.15, -0.1) is 0 Å². The molecule has 7 atom stereocenters. The number of guanidine groups is 1. The third-order valence-electron chi connectivity index (χ3n) is 10.8. The number of nitrogens with two attached hydrogens (primary N) is 5. The molecule has 0 spiro atoms. The molecule has 0 saturated carbocycles. The predicted molar refractivity (Wildman–Crippen MR) is 256 cm³/mol. The number of hydrogen-bond donors (Lipinski definition) is 14. The van der Waals surface area contributed by atoms with Gasteiger partial charge < -0.3 is 81.2 Å². The lowest BCUT2D eigenvalue weighted by Crippen LogP contribution is -2.58. The molecule has 28 heteroatoms. The van der Waals surface area contributed by atoms with Crippen molar-refractivity contribution in [2.24, 2.45) is 39.6 Å². The van der Waals surface area contributed by atoms with Crippen molar-refractivity contribution in [3.05, 3.63) is 35.9 Å². The van der Waals surface area contributed by atoms with Crippen molar-refractivity contribution in [1.82, 2.24) is 47.4 Å². The lowest BCUT2D eigenvalue weighted by atomic mass is 10.0. The van der Waals surface area contributed by atoms with E-state index < -0.39 is 139 Å². The maximum absolute atomic E-state index is 13.7. The SMILES string of the molecule is CC(C)C[C@H](NC(=O)CNC(=O)[C@H](CCCN=C(N)N)NC(=O)CNC(=O)[C@H](CC(N)=O)NC(=O)[C@H](Cc1ccccc1)NC(=O)[C@H](C)NC(=O)[C@@H](N)CCC(N)=O)C(=O)NCC(=O)N1CCC[C@H]1C(=O)O. The van der Waals surface area contributed by atoms with Crippen LogP contribution in [0.1, 0.15) is 77.7 Å². The van der Waals surface area contributed by atoms with E-state index >= 15 is 0 Å². The molecule has 1 aromatic carbocycles. The van der Waals surface area contributed by atoms with Crippen LogP contribution in [0.25, 0.3) is 0 Å². The van der Waals surface area contributed by atoms with E-state index in [2.05, 4.69) is 47.5 Å². The summed E-state index contributed by atoms with van der Waals surface area (Å²) in [5.41, 5.74) is 27.7. The number of carbonyl (C=O) groups is 12. The number of hydrogen-bond acceptors (Lipinski definition) is 14. The minimum Gasteiger partial charge on any atom is -0.480 e. The number of rotatable bonds is 31. The van der Waals surface area contributed by atoms with Crippen molar-refractivity contribution in [2.45, 2.75) is 121 Å². The summed E-state index contributed by atoms with van der Waals surface area (Å²) in [5, 5.41) is 28.7. The van der Waals surface area contributed by atoms with Crippen LogP contribution >= 0.6 is 0 Å². The van der Waals surface area contributed by atoms with Crippen LogP contribution in [-0.2, 0) is 64.0 Å². The summed E-state index contributed by atoms with van der Waals surface area (Å²) in [6.45, 7) is 3.12. The van der Waals surface area contributed by atoms with Crippen LogP contribution in [0.15, 0.2) is 35.3 Å². The van der Waals surface area contributed by atoms with Crippen LogP contribution in [0.2, 0.25) is 0 Å². The molecule has 1 aliphatic rings. The minimum absolute atomic E-state index is 0.0305. The number of primary amides is 2. The van der Waals surface area contributed by atoms with Crippen molar-refractivity contribution in [1.29, 1.82) is 0 Å². The Morgan fingerprint density at radius 3 is 1.81 bits per heavy atom. The Kier molecular flexibility index (Phi) is 25.6. The van der Waals surface area contributed by atoms with E-state index in [1.807, 2.05) is 0 Å². The van der Waals surface area contributed by atoms with Crippen LogP contribution in [0.4, 0.5) is 0 Å². The molecule has 1 aliphatic heterocycles. The van der Waals surface area contributed by atoms with Gasteiger partial charge in [0.2, 0.25) is 65.0 Å². The Morgan fingerprint density at radius 1 is 0.667 bits per heavy atom. The summed E-state index contributed by atoms with van der Waals surface area (Å²) in [7, 11) is 0. The first-order valence-electron chi connectivity index (χ1n) is 23.1. The number of likely N-dealkylation sites (tertiary alicyclic amines) is 1. The molecular weight excluding hydrogens is 947 g/mol. The summed E-state index contributed by atoms with van der Waals surface area (Å²) in [6.07, 6.45) is -0.223. The van der Waals surface area contributed by atoms with E-state index in [-0.39, 0.29) is 69.9 Å². The molecule has 0 aliphatic carbocycles. The summed E-state index contributed by atoms with van der Waals surface area (Å²) in [4.78, 5) is 158. The molecule has 0 bridgehead atoms. The zero-order chi connectivity index (χ0) is 54.1. The monoisotopic (exact) mass is 1020 g/mol. The molecular formula is C44H69N15O13. The highest BCUT2D eigenvalue weighted by atomic mass is 16.4. The van der Waals surface area contributed by atoms with Gasteiger partial charge in [-0.25, -0.2) is 4.79 Å². The van der Waals surface area contributed by atoms with Crippen molar-refractivity contribution >= 4 is 76.9 Å². The molecule has 2 rings (SSSR count). The van der Waals surface area contributed by atoms with Gasteiger partial charge in [0.15, 0.2) is 5.96 Å². The quantitative estimate of drug-likeness (QED) is 0.0187. The molecule has 1 fully saturated rings. The second kappa shape index (κ2) is 30.6. The van der Waals surface area contributed by atoms with Crippen molar-refractivity contribution in [3.8, 4) is 0 Å². The smallest absolute Gasteiger partial charge is 0.326 e. The number of aliphatic imine (C=N–C) groups is 1. The van der Waals surface area contributed by atoms with Gasteiger partial charge in [0.25, 0.3) is 0 Å². The van der Waals surface area contributed by atoms with Crippen LogP contribution < -0.4 is 71.2 Å². The van der Waals surface area contributed by atoms with Crippen LogP contribution in [0, 0.1) is 5.92 Å². The Balaban J connectivity index is 2.13. The largest absolute Gasteiger partial charge is 0.480 e. The number of nitrogens with zero attached hydrogens (tertiary/aromatic N) is 2. The standard InChI is InChI=1S/C44H69N15O13/c1-23(2)17-28(40(68)53-22-36(64)59-16-8-12-31(59)43(71)72)56-35(63)21-51-39(67)27(11-7-15-50-44(48)49)55-34(62)20-52-41(69)30(19-33(47)61)58-42(70)29(18-25-9-5-4-6-10-25)57-37(65)24(3)54-38(66)26(45)13-14-32(46)60/h4-6,9-10,23-24,26-31H,7-8,11-22,45H2,1-3H3,(H2,46,60)(H2,47,61)(H,51,67)(H,52,69)(H,53,68)(H,54,66)(H,55,62)(H,56,63)(H,57,65)(H,58,70)(H,71,72)(H4,48,49,50)/t24-,26-,27-,28-,29-,30-,31-/m0/s1. The highest BCUT2D eigenvalue weighted by Crippen LogP contribution is 2.17. The summed E-state index contributed by atoms with van der Waals surface area (Å²) in [6, 6.07) is -0.665. The molecule has 19 N–H and O–H groups in total. The number of amides is 11. The second-order valence-corrected chi connectivity index (χ2v) is 17.4. The summed E-state index contributed by atoms with van der Waals surface area (Å²) >= 11 is 0. The first-order valence-corrected chi connectivity index (χ1v) is 23.1. The predicted octanol–water partition coefficient (Wildman–Crippen LogP) is -6.33. The van der Waals surface area contributed by atoms with Crippen molar-refractivity contribution < 1.29 is 62.6 Å². The summed E-state index contributed by atoms with van der Waals surface area (Å²) in [5.74, 6) is -10.8. The first-order chi connectivity index (χ1) is 33.9. The lowest BCUT2D eigenvalue weighted by molar-refractivity contribution is -0.148. The number of carboxylic acid groups (broad SMARTS) is 1. The van der Waals surface area contributed by atoms with Crippen LogP contribution in [0.5, 0.6) is 0 Å². The van der Waals surface area contributed by atoms with E-state index in [4.69, 9.17) is 28.7 Å². The Labute approximate surface area is 415 Å². The normalized spacial score (nSPS) is 15.4. The van der Waals surface area contributed by atoms with Crippen LogP contribution in [-0.4, -0.2) is 162 Å². The number of benzene rings is 1. The molecule has 1 saturated heterocycles. The second-order valence-electron chi connectivity index (χ2n) is 17.4. The van der Waals surface area contributed by atoms with Gasteiger partial charge in [-0.1, -0.05) is 44.2 Å². The zero-order valence-electron chi connectivity index (χ0n) is 40.5. The number of nitrogens with one attached hydrogen (secondary N) is 8. The highest BCUT2D eigenvalue weighted by molar-refractivity contribution is 5.98. The maximum Gasteiger partial charge on any atom is 0.326 e. The molecule has 11 amide bonds. The fraction of sp³-hybridized carbons (Fsp3) is 0.568. The van der Waals surface area contributed by atoms with Gasteiger partial charge in [0.1, 0.15) is 36.3 Å². The van der Waals surface area contributed by atoms with Gasteiger partial charge in [0, 0.05) is 25.9 Å². The first kappa shape index (κ1) is 60.2. The fourth-order valence-electron chi connectivity index (χ4n) is 7.11. The minimum atomic E-state index is -1.69. The Bertz CT molecular complexity index is 2140. The number of aliphatic carboxylic acids is 1. The Hall–Kier alpha value is -7.91. The molecule has 398 valence electrons. The van der Waals surface area contributed by atoms with Gasteiger partial charge >= 0.3 is 5.97 Å². The molecule has 72 heavy (non-hydrogen) atoms. The average molecular weight is 1020 g/mol. The van der Waals surface area contributed by atoms with E-state index in [0.29, 0.717) is 12.0 Å². The van der Waals surface area contributed by atoms with Crippen molar-refractivity contribution in [2.75, 3.05) is 32.7 Å². The van der Waals surface area contributed by atoms with E-state index in [9.17, 15) is 62.6 Å². The van der Waals surface area contributed by atoms with Crippen LogP contribution in [0.3, 0.4) is 0 Å². The molecule has 1 aromatic rings. The van der Waals surface area contributed by atoms with E-state index in [1.165, 1.54) is 6.92 Å². The van der Waals surface area contributed by atoms with Gasteiger partial charge in [0.05, 0.1) is 32.1 Å². The third-order valence-corrected chi connectivity index (χ3v) is 10.8. The zero-order valence-corrected chi connectivity index (χ0v) is 40.5. The molecule has 0 unspecified atom stereocenters. The Morgan fingerprint density at radius 2 is 1.24 bits per heavy atom. The van der Waals surface area contributed by atoms with E-state index in [1.54, 1.807) is 44.2 Å². The van der Waals surface area contributed by atoms with Gasteiger partial charge in [-0.3, -0.25) is 57.7 Å². The highest BCUT2D eigenvalue weighted by Gasteiger charge is 2.35. The maximum atomic E-state index is 13.7. The molecule has 28 nitrogen and oxygen atoms in total. The number of carbonyl (C=O) groups excluding carboxylic acids is 11. The fourth-order valence-corrected chi connectivity index (χ4v) is 7.11.